The number of aromatic nitrogens is 5. The minimum absolute atomic E-state index is 0.223. The molecule has 10 heteroatoms. The SMILES string of the molecule is C=C1Nc2nc(SCc3ccccc3Cl)nn2C(c2ccncc2)C1C(=O)Nc1cccnc1. The number of benzene rings is 1. The van der Waals surface area contributed by atoms with E-state index in [0.717, 1.165) is 11.1 Å². The zero-order valence-electron chi connectivity index (χ0n) is 17.9. The van der Waals surface area contributed by atoms with E-state index >= 15 is 0 Å². The van der Waals surface area contributed by atoms with Crippen molar-refractivity contribution in [1.29, 1.82) is 0 Å². The molecule has 0 fully saturated rings. The summed E-state index contributed by atoms with van der Waals surface area (Å²) in [6, 6.07) is 14.5. The molecule has 3 aromatic heterocycles. The zero-order valence-corrected chi connectivity index (χ0v) is 19.5. The number of nitrogens with zero attached hydrogens (tertiary/aromatic N) is 5. The van der Waals surface area contributed by atoms with Crippen molar-refractivity contribution in [2.24, 2.45) is 5.92 Å². The van der Waals surface area contributed by atoms with Gasteiger partial charge in [-0.2, -0.15) is 4.98 Å². The Morgan fingerprint density at radius 3 is 2.71 bits per heavy atom. The number of carbonyl (C=O) groups is 1. The van der Waals surface area contributed by atoms with E-state index < -0.39 is 12.0 Å². The number of nitrogens with one attached hydrogen (secondary N) is 2. The molecule has 4 heterocycles. The second-order valence-electron chi connectivity index (χ2n) is 7.63. The van der Waals surface area contributed by atoms with Gasteiger partial charge in [-0.1, -0.05) is 48.1 Å². The topological polar surface area (TPSA) is 97.6 Å². The van der Waals surface area contributed by atoms with Gasteiger partial charge in [0, 0.05) is 35.1 Å². The molecule has 34 heavy (non-hydrogen) atoms. The normalized spacial score (nSPS) is 17.0. The summed E-state index contributed by atoms with van der Waals surface area (Å²) < 4.78 is 1.74. The van der Waals surface area contributed by atoms with E-state index in [2.05, 4.69) is 32.2 Å². The van der Waals surface area contributed by atoms with E-state index in [1.165, 1.54) is 11.8 Å². The summed E-state index contributed by atoms with van der Waals surface area (Å²) in [7, 11) is 0. The Morgan fingerprint density at radius 1 is 1.12 bits per heavy atom. The first-order valence-electron chi connectivity index (χ1n) is 10.5. The Kier molecular flexibility index (Phi) is 6.29. The molecule has 1 aliphatic rings. The number of anilines is 2. The number of pyridine rings is 2. The molecule has 0 spiro atoms. The van der Waals surface area contributed by atoms with Crippen LogP contribution < -0.4 is 10.6 Å². The first-order chi connectivity index (χ1) is 16.6. The standard InChI is InChI=1S/C24H20ClN7OS/c1-15-20(22(33)29-18-6-4-10-27-13-18)21(16-8-11-26-12-9-16)32-23(28-15)30-24(31-32)34-14-17-5-2-3-7-19(17)25/h2-13,20-21H,1,14H2,(H,29,33)(H,28,30,31). The van der Waals surface area contributed by atoms with Gasteiger partial charge in [0.25, 0.3) is 0 Å². The Morgan fingerprint density at radius 2 is 1.94 bits per heavy atom. The highest BCUT2D eigenvalue weighted by atomic mass is 35.5. The molecule has 0 bridgehead atoms. The summed E-state index contributed by atoms with van der Waals surface area (Å²) >= 11 is 7.77. The fourth-order valence-electron chi connectivity index (χ4n) is 3.81. The molecule has 2 N–H and O–H groups in total. The molecule has 2 atom stereocenters. The van der Waals surface area contributed by atoms with E-state index in [1.807, 2.05) is 36.4 Å². The van der Waals surface area contributed by atoms with Crippen molar-refractivity contribution in [3.8, 4) is 0 Å². The van der Waals surface area contributed by atoms with Crippen molar-refractivity contribution >= 4 is 40.9 Å². The fraction of sp³-hybridized carbons (Fsp3) is 0.125. The lowest BCUT2D eigenvalue weighted by atomic mass is 9.89. The van der Waals surface area contributed by atoms with Crippen LogP contribution in [0.2, 0.25) is 5.02 Å². The largest absolute Gasteiger partial charge is 0.328 e. The second-order valence-corrected chi connectivity index (χ2v) is 8.98. The van der Waals surface area contributed by atoms with Crippen LogP contribution in [0.15, 0.2) is 90.8 Å². The lowest BCUT2D eigenvalue weighted by Crippen LogP contribution is -2.39. The molecular weight excluding hydrogens is 470 g/mol. The fourth-order valence-corrected chi connectivity index (χ4v) is 4.92. The summed E-state index contributed by atoms with van der Waals surface area (Å²) in [5.41, 5.74) is 3.01. The van der Waals surface area contributed by atoms with Crippen LogP contribution in [0.4, 0.5) is 11.6 Å². The number of hydrogen-bond acceptors (Lipinski definition) is 7. The smallest absolute Gasteiger partial charge is 0.236 e. The van der Waals surface area contributed by atoms with Crippen LogP contribution in [0.25, 0.3) is 0 Å². The van der Waals surface area contributed by atoms with Gasteiger partial charge in [-0.15, -0.1) is 5.10 Å². The van der Waals surface area contributed by atoms with E-state index in [0.29, 0.717) is 33.3 Å². The van der Waals surface area contributed by atoms with E-state index in [-0.39, 0.29) is 5.91 Å². The molecule has 8 nitrogen and oxygen atoms in total. The van der Waals surface area contributed by atoms with E-state index in [9.17, 15) is 4.79 Å². The Balaban J connectivity index is 1.47. The quantitative estimate of drug-likeness (QED) is 0.375. The van der Waals surface area contributed by atoms with Crippen molar-refractivity contribution in [1.82, 2.24) is 24.7 Å². The maximum atomic E-state index is 13.4. The monoisotopic (exact) mass is 489 g/mol. The van der Waals surface area contributed by atoms with Crippen molar-refractivity contribution in [2.45, 2.75) is 17.0 Å². The van der Waals surface area contributed by atoms with Crippen molar-refractivity contribution in [3.05, 3.63) is 102 Å². The highest BCUT2D eigenvalue weighted by Crippen LogP contribution is 2.39. The van der Waals surface area contributed by atoms with Crippen LogP contribution in [0.1, 0.15) is 17.2 Å². The molecule has 4 aromatic rings. The van der Waals surface area contributed by atoms with Gasteiger partial charge >= 0.3 is 0 Å². The number of fused-ring (bicyclic) bond motifs is 1. The zero-order chi connectivity index (χ0) is 23.5. The van der Waals surface area contributed by atoms with Gasteiger partial charge in [0.2, 0.25) is 17.0 Å². The Bertz CT molecular complexity index is 1330. The summed E-state index contributed by atoms with van der Waals surface area (Å²) in [4.78, 5) is 26.2. The molecule has 0 saturated heterocycles. The first-order valence-corrected chi connectivity index (χ1v) is 11.9. The third-order valence-electron chi connectivity index (χ3n) is 5.41. The first kappa shape index (κ1) is 22.1. The number of halogens is 1. The molecular formula is C24H20ClN7OS. The van der Waals surface area contributed by atoms with Gasteiger partial charge in [-0.3, -0.25) is 14.8 Å². The molecule has 1 aromatic carbocycles. The third-order valence-corrected chi connectivity index (χ3v) is 6.67. The van der Waals surface area contributed by atoms with Crippen molar-refractivity contribution in [2.75, 3.05) is 10.6 Å². The van der Waals surface area contributed by atoms with Gasteiger partial charge in [0.1, 0.15) is 5.92 Å². The molecule has 0 aliphatic carbocycles. The van der Waals surface area contributed by atoms with Crippen LogP contribution in [-0.4, -0.2) is 30.6 Å². The van der Waals surface area contributed by atoms with E-state index in [4.69, 9.17) is 16.7 Å². The predicted molar refractivity (Wildman–Crippen MR) is 133 cm³/mol. The maximum Gasteiger partial charge on any atom is 0.236 e. The summed E-state index contributed by atoms with van der Waals surface area (Å²) in [5, 5.41) is 12.1. The second kappa shape index (κ2) is 9.66. The molecule has 170 valence electrons. The van der Waals surface area contributed by atoms with Crippen LogP contribution >= 0.6 is 23.4 Å². The van der Waals surface area contributed by atoms with Gasteiger partial charge in [-0.25, -0.2) is 4.68 Å². The molecule has 1 aliphatic heterocycles. The number of rotatable bonds is 6. The lowest BCUT2D eigenvalue weighted by molar-refractivity contribution is -0.119. The molecule has 0 saturated carbocycles. The van der Waals surface area contributed by atoms with Crippen molar-refractivity contribution in [3.63, 3.8) is 0 Å². The Hall–Kier alpha value is -3.69. The average Bonchev–Trinajstić information content (AvgIpc) is 3.26. The van der Waals surface area contributed by atoms with Gasteiger partial charge < -0.3 is 10.6 Å². The van der Waals surface area contributed by atoms with Gasteiger partial charge in [0.05, 0.1) is 17.9 Å². The number of thioether (sulfide) groups is 1. The summed E-state index contributed by atoms with van der Waals surface area (Å²) in [6.07, 6.45) is 6.64. The number of hydrogen-bond donors (Lipinski definition) is 2. The minimum Gasteiger partial charge on any atom is -0.328 e. The Labute approximate surface area is 205 Å². The molecule has 0 radical (unpaired) electrons. The maximum absolute atomic E-state index is 13.4. The van der Waals surface area contributed by atoms with Gasteiger partial charge in [0.15, 0.2) is 0 Å². The predicted octanol–water partition coefficient (Wildman–Crippen LogP) is 4.80. The lowest BCUT2D eigenvalue weighted by Gasteiger charge is -2.33. The highest BCUT2D eigenvalue weighted by molar-refractivity contribution is 7.98. The highest BCUT2D eigenvalue weighted by Gasteiger charge is 2.40. The molecule has 2 unspecified atom stereocenters. The number of amides is 1. The van der Waals surface area contributed by atoms with Crippen LogP contribution in [-0.2, 0) is 10.5 Å². The summed E-state index contributed by atoms with van der Waals surface area (Å²) in [5.74, 6) is 0.283. The average molecular weight is 490 g/mol. The van der Waals surface area contributed by atoms with Crippen LogP contribution in [0, 0.1) is 5.92 Å². The molecule has 1 amide bonds. The van der Waals surface area contributed by atoms with Crippen LogP contribution in [0.5, 0.6) is 0 Å². The number of carbonyl (C=O) groups excluding carboxylic acids is 1. The third kappa shape index (κ3) is 4.52. The minimum atomic E-state index is -0.641. The van der Waals surface area contributed by atoms with Gasteiger partial charge in [-0.05, 0) is 41.5 Å². The van der Waals surface area contributed by atoms with Crippen LogP contribution in [0.3, 0.4) is 0 Å². The summed E-state index contributed by atoms with van der Waals surface area (Å²) in [6.45, 7) is 4.14. The molecule has 5 rings (SSSR count). The van der Waals surface area contributed by atoms with Crippen molar-refractivity contribution < 1.29 is 4.79 Å². The van der Waals surface area contributed by atoms with E-state index in [1.54, 1.807) is 41.6 Å².